The van der Waals surface area contributed by atoms with Crippen molar-refractivity contribution in [3.63, 3.8) is 0 Å². The molecule has 1 aromatic carbocycles. The second kappa shape index (κ2) is 6.37. The number of carbonyl (C=O) groups excluding carboxylic acids is 2. The van der Waals surface area contributed by atoms with Gasteiger partial charge >= 0.3 is 0 Å². The van der Waals surface area contributed by atoms with Crippen LogP contribution in [0.5, 0.6) is 0 Å². The number of amides is 2. The van der Waals surface area contributed by atoms with Crippen LogP contribution in [-0.4, -0.2) is 54.5 Å². The van der Waals surface area contributed by atoms with Crippen LogP contribution in [0.2, 0.25) is 0 Å². The Morgan fingerprint density at radius 2 is 1.96 bits per heavy atom. The Balaban J connectivity index is 1.33. The summed E-state index contributed by atoms with van der Waals surface area (Å²) in [6, 6.07) is 8.12. The van der Waals surface area contributed by atoms with Gasteiger partial charge in [-0.3, -0.25) is 9.59 Å². The first-order chi connectivity index (χ1) is 13.2. The van der Waals surface area contributed by atoms with Gasteiger partial charge in [0.2, 0.25) is 11.8 Å². The average Bonchev–Trinajstić information content (AvgIpc) is 3.20. The van der Waals surface area contributed by atoms with E-state index in [-0.39, 0.29) is 23.8 Å². The minimum absolute atomic E-state index is 0.0885. The van der Waals surface area contributed by atoms with Gasteiger partial charge < -0.3 is 20.9 Å². The fourth-order valence-electron chi connectivity index (χ4n) is 5.22. The van der Waals surface area contributed by atoms with Gasteiger partial charge in [0, 0.05) is 43.7 Å². The maximum absolute atomic E-state index is 13.4. The van der Waals surface area contributed by atoms with E-state index < -0.39 is 5.54 Å². The molecule has 0 radical (unpaired) electrons. The fourth-order valence-corrected chi connectivity index (χ4v) is 5.22. The van der Waals surface area contributed by atoms with Crippen LogP contribution in [0, 0.1) is 5.92 Å². The number of likely N-dealkylation sites (tertiary alicyclic amines) is 1. The van der Waals surface area contributed by atoms with E-state index in [9.17, 15) is 9.59 Å². The molecule has 3 atom stereocenters. The molecule has 1 spiro atoms. The Labute approximate surface area is 159 Å². The molecule has 3 aliphatic heterocycles. The molecule has 0 saturated carbocycles. The van der Waals surface area contributed by atoms with Crippen molar-refractivity contribution in [3.05, 3.63) is 42.0 Å². The van der Waals surface area contributed by atoms with E-state index in [1.54, 1.807) is 0 Å². The third-order valence-electron chi connectivity index (χ3n) is 6.78. The molecular weight excluding hydrogens is 340 g/mol. The predicted octanol–water partition coefficient (Wildman–Crippen LogP) is 1.22. The normalized spacial score (nSPS) is 31.0. The van der Waals surface area contributed by atoms with Crippen molar-refractivity contribution < 1.29 is 9.59 Å². The molecule has 6 nitrogen and oxygen atoms in total. The van der Waals surface area contributed by atoms with Crippen molar-refractivity contribution in [1.82, 2.24) is 15.5 Å². The van der Waals surface area contributed by atoms with E-state index in [0.717, 1.165) is 18.7 Å². The van der Waals surface area contributed by atoms with Crippen molar-refractivity contribution in [2.24, 2.45) is 5.92 Å². The molecule has 1 aromatic rings. The van der Waals surface area contributed by atoms with Gasteiger partial charge in [-0.25, -0.2) is 0 Å². The number of piperazine rings is 1. The van der Waals surface area contributed by atoms with Gasteiger partial charge in [-0.05, 0) is 30.9 Å². The lowest BCUT2D eigenvalue weighted by molar-refractivity contribution is -0.139. The SMILES string of the molecule is O=C([C@@H]1Nc2ccccc2[C@H]2C=CC[C@H]21)N1CCC2(CC1)NCCNC2=O. The molecular formula is C21H26N4O2. The Kier molecular flexibility index (Phi) is 3.97. The van der Waals surface area contributed by atoms with E-state index in [4.69, 9.17) is 0 Å². The molecule has 2 amide bonds. The van der Waals surface area contributed by atoms with Crippen LogP contribution in [0.4, 0.5) is 5.69 Å². The monoisotopic (exact) mass is 366 g/mol. The summed E-state index contributed by atoms with van der Waals surface area (Å²) in [4.78, 5) is 27.7. The molecule has 142 valence electrons. The second-order valence-electron chi connectivity index (χ2n) is 8.15. The first kappa shape index (κ1) is 16.8. The van der Waals surface area contributed by atoms with Crippen molar-refractivity contribution in [1.29, 1.82) is 0 Å². The highest BCUT2D eigenvalue weighted by molar-refractivity contribution is 5.89. The number of fused-ring (bicyclic) bond motifs is 3. The van der Waals surface area contributed by atoms with Crippen LogP contribution in [-0.2, 0) is 9.59 Å². The summed E-state index contributed by atoms with van der Waals surface area (Å²) in [5.74, 6) is 0.859. The van der Waals surface area contributed by atoms with Crippen molar-refractivity contribution >= 4 is 17.5 Å². The molecule has 0 aromatic heterocycles. The van der Waals surface area contributed by atoms with Crippen molar-refractivity contribution in [2.45, 2.75) is 36.8 Å². The molecule has 3 N–H and O–H groups in total. The Morgan fingerprint density at radius 3 is 2.78 bits per heavy atom. The molecule has 5 rings (SSSR count). The Hall–Kier alpha value is -2.34. The summed E-state index contributed by atoms with van der Waals surface area (Å²) < 4.78 is 0. The maximum Gasteiger partial charge on any atom is 0.245 e. The number of para-hydroxylation sites is 1. The summed E-state index contributed by atoms with van der Waals surface area (Å²) in [6.07, 6.45) is 6.76. The number of piperidine rings is 1. The van der Waals surface area contributed by atoms with Gasteiger partial charge in [-0.2, -0.15) is 0 Å². The van der Waals surface area contributed by atoms with E-state index in [1.807, 2.05) is 11.0 Å². The lowest BCUT2D eigenvalue weighted by atomic mass is 9.78. The summed E-state index contributed by atoms with van der Waals surface area (Å²) in [6.45, 7) is 2.74. The zero-order valence-corrected chi connectivity index (χ0v) is 15.4. The van der Waals surface area contributed by atoms with Crippen LogP contribution in [0.1, 0.15) is 30.7 Å². The molecule has 2 saturated heterocycles. The number of allylic oxidation sites excluding steroid dienone is 2. The van der Waals surface area contributed by atoms with Gasteiger partial charge in [0.1, 0.15) is 11.6 Å². The molecule has 3 heterocycles. The van der Waals surface area contributed by atoms with Gasteiger partial charge in [0.15, 0.2) is 0 Å². The molecule has 4 aliphatic rings. The predicted molar refractivity (Wildman–Crippen MR) is 103 cm³/mol. The van der Waals surface area contributed by atoms with E-state index in [2.05, 4.69) is 46.3 Å². The van der Waals surface area contributed by atoms with Crippen molar-refractivity contribution in [2.75, 3.05) is 31.5 Å². The standard InChI is InChI=1S/C21H26N4O2/c26-19(25-12-8-21(9-13-25)20(27)22-10-11-23-21)18-16-6-3-5-14(16)15-4-1-2-7-17(15)24-18/h1-5,7,14,16,18,23-24H,6,8-13H2,(H,22,27)/t14-,16-,18-/m1/s1. The van der Waals surface area contributed by atoms with Gasteiger partial charge in [0.25, 0.3) is 0 Å². The highest BCUT2D eigenvalue weighted by atomic mass is 16.2. The summed E-state index contributed by atoms with van der Waals surface area (Å²) in [7, 11) is 0. The third-order valence-corrected chi connectivity index (χ3v) is 6.78. The van der Waals surface area contributed by atoms with E-state index in [0.29, 0.717) is 38.4 Å². The zero-order chi connectivity index (χ0) is 18.4. The second-order valence-corrected chi connectivity index (χ2v) is 8.15. The molecule has 1 aliphatic carbocycles. The summed E-state index contributed by atoms with van der Waals surface area (Å²) in [5, 5.41) is 9.88. The fraction of sp³-hybridized carbons (Fsp3) is 0.524. The molecule has 2 fully saturated rings. The average molecular weight is 366 g/mol. The highest BCUT2D eigenvalue weighted by Gasteiger charge is 2.46. The zero-order valence-electron chi connectivity index (χ0n) is 15.4. The lowest BCUT2D eigenvalue weighted by Gasteiger charge is -2.45. The van der Waals surface area contributed by atoms with Crippen LogP contribution < -0.4 is 16.0 Å². The molecule has 0 unspecified atom stereocenters. The Morgan fingerprint density at radius 1 is 1.15 bits per heavy atom. The number of hydrogen-bond donors (Lipinski definition) is 3. The van der Waals surface area contributed by atoms with Crippen LogP contribution in [0.3, 0.4) is 0 Å². The number of nitrogens with one attached hydrogen (secondary N) is 3. The van der Waals surface area contributed by atoms with Crippen LogP contribution in [0.25, 0.3) is 0 Å². The number of anilines is 1. The smallest absolute Gasteiger partial charge is 0.245 e. The van der Waals surface area contributed by atoms with Gasteiger partial charge in [-0.15, -0.1) is 0 Å². The summed E-state index contributed by atoms with van der Waals surface area (Å²) >= 11 is 0. The van der Waals surface area contributed by atoms with Gasteiger partial charge in [-0.1, -0.05) is 30.4 Å². The quantitative estimate of drug-likeness (QED) is 0.654. The highest BCUT2D eigenvalue weighted by Crippen LogP contribution is 2.45. The maximum atomic E-state index is 13.4. The van der Waals surface area contributed by atoms with E-state index >= 15 is 0 Å². The van der Waals surface area contributed by atoms with Crippen LogP contribution >= 0.6 is 0 Å². The minimum atomic E-state index is -0.487. The van der Waals surface area contributed by atoms with E-state index in [1.165, 1.54) is 5.56 Å². The largest absolute Gasteiger partial charge is 0.373 e. The number of benzene rings is 1. The van der Waals surface area contributed by atoms with Crippen molar-refractivity contribution in [3.8, 4) is 0 Å². The first-order valence-corrected chi connectivity index (χ1v) is 10.0. The number of hydrogen-bond acceptors (Lipinski definition) is 4. The minimum Gasteiger partial charge on any atom is -0.373 e. The lowest BCUT2D eigenvalue weighted by Crippen LogP contribution is -2.67. The third kappa shape index (κ3) is 2.65. The number of carbonyl (C=O) groups is 2. The van der Waals surface area contributed by atoms with Gasteiger partial charge in [0.05, 0.1) is 0 Å². The number of rotatable bonds is 1. The van der Waals surface area contributed by atoms with Crippen LogP contribution in [0.15, 0.2) is 36.4 Å². The Bertz CT molecular complexity index is 797. The summed E-state index contributed by atoms with van der Waals surface area (Å²) in [5.41, 5.74) is 1.88. The number of nitrogens with zero attached hydrogens (tertiary/aromatic N) is 1. The molecule has 27 heavy (non-hydrogen) atoms. The topological polar surface area (TPSA) is 73.5 Å². The molecule has 6 heteroatoms. The molecule has 0 bridgehead atoms. The first-order valence-electron chi connectivity index (χ1n) is 10.0.